The van der Waals surface area contributed by atoms with Crippen molar-refractivity contribution in [1.82, 2.24) is 10.2 Å². The van der Waals surface area contributed by atoms with Gasteiger partial charge in [-0.1, -0.05) is 62.2 Å². The molecule has 4 unspecified atom stereocenters. The zero-order chi connectivity index (χ0) is 24.1. The van der Waals surface area contributed by atoms with Crippen molar-refractivity contribution in [2.45, 2.75) is 44.7 Å². The van der Waals surface area contributed by atoms with E-state index >= 15 is 0 Å². The van der Waals surface area contributed by atoms with Crippen LogP contribution in [-0.4, -0.2) is 40.4 Å². The molecule has 2 aliphatic rings. The van der Waals surface area contributed by atoms with Crippen molar-refractivity contribution in [3.05, 3.63) is 72.3 Å². The number of hydrogen-bond acceptors (Lipinski definition) is 5. The van der Waals surface area contributed by atoms with E-state index in [0.29, 0.717) is 17.9 Å². The maximum atomic E-state index is 13.2. The molecule has 2 aromatic carbocycles. The minimum absolute atomic E-state index is 0.274. The van der Waals surface area contributed by atoms with E-state index in [2.05, 4.69) is 18.3 Å². The molecule has 0 saturated carbocycles. The van der Waals surface area contributed by atoms with Gasteiger partial charge in [-0.15, -0.1) is 0 Å². The van der Waals surface area contributed by atoms with Gasteiger partial charge in [-0.2, -0.15) is 0 Å². The summed E-state index contributed by atoms with van der Waals surface area (Å²) in [5, 5.41) is 12.8. The third-order valence-electron chi connectivity index (χ3n) is 6.46. The largest absolute Gasteiger partial charge is 0.480 e. The van der Waals surface area contributed by atoms with Crippen LogP contribution < -0.4 is 10.1 Å². The normalized spacial score (nSPS) is 24.1. The van der Waals surface area contributed by atoms with Crippen molar-refractivity contribution in [1.29, 1.82) is 0 Å². The van der Waals surface area contributed by atoms with Crippen LogP contribution in [0.1, 0.15) is 44.2 Å². The van der Waals surface area contributed by atoms with Gasteiger partial charge < -0.3 is 9.84 Å². The first-order chi connectivity index (χ1) is 16.5. The van der Waals surface area contributed by atoms with E-state index in [1.54, 1.807) is 12.1 Å². The van der Waals surface area contributed by atoms with Crippen LogP contribution >= 0.6 is 0 Å². The van der Waals surface area contributed by atoms with Gasteiger partial charge in [0.25, 0.3) is 0 Å². The van der Waals surface area contributed by atoms with Crippen LogP contribution in [0.15, 0.2) is 66.7 Å². The summed E-state index contributed by atoms with van der Waals surface area (Å²) in [5.41, 5.74) is 0.752. The average molecular weight is 463 g/mol. The summed E-state index contributed by atoms with van der Waals surface area (Å²) in [6.45, 7) is 2.40. The Labute approximate surface area is 199 Å². The molecule has 4 rings (SSSR count). The standard InChI is InChI=1S/C27H30N2O5/c1-2-3-4-5-6-10-17-29-25(30)21-22(26(29)31)24(27(32)33)28-23(21)18-13-15-20(16-14-18)34-19-11-8-7-9-12-19/h5-9,11-16,21-24,28H,2-4,10,17H2,1H3,(H,32,33)/b6-5+. The van der Waals surface area contributed by atoms with Gasteiger partial charge >= 0.3 is 5.97 Å². The summed E-state index contributed by atoms with van der Waals surface area (Å²) >= 11 is 0. The zero-order valence-electron chi connectivity index (χ0n) is 19.2. The van der Waals surface area contributed by atoms with Crippen LogP contribution in [0.5, 0.6) is 11.5 Å². The quantitative estimate of drug-likeness (QED) is 0.310. The van der Waals surface area contributed by atoms with Crippen molar-refractivity contribution in [2.24, 2.45) is 11.8 Å². The lowest BCUT2D eigenvalue weighted by molar-refractivity contribution is -0.146. The number of benzene rings is 2. The number of carbonyl (C=O) groups is 3. The molecule has 7 nitrogen and oxygen atoms in total. The zero-order valence-corrected chi connectivity index (χ0v) is 19.2. The van der Waals surface area contributed by atoms with Gasteiger partial charge in [0.15, 0.2) is 0 Å². The van der Waals surface area contributed by atoms with Gasteiger partial charge in [-0.3, -0.25) is 24.6 Å². The number of hydrogen-bond donors (Lipinski definition) is 2. The molecule has 0 aromatic heterocycles. The third-order valence-corrected chi connectivity index (χ3v) is 6.46. The van der Waals surface area contributed by atoms with Crippen LogP contribution in [0.2, 0.25) is 0 Å². The van der Waals surface area contributed by atoms with Gasteiger partial charge in [0.1, 0.15) is 17.5 Å². The van der Waals surface area contributed by atoms with Crippen LogP contribution in [-0.2, 0) is 14.4 Å². The Hall–Kier alpha value is -3.45. The second-order valence-electron chi connectivity index (χ2n) is 8.73. The van der Waals surface area contributed by atoms with E-state index in [4.69, 9.17) is 4.74 Å². The van der Waals surface area contributed by atoms with Crippen LogP contribution in [0.25, 0.3) is 0 Å². The molecule has 2 saturated heterocycles. The minimum Gasteiger partial charge on any atom is -0.480 e. The fourth-order valence-corrected chi connectivity index (χ4v) is 4.75. The van der Waals surface area contributed by atoms with Crippen molar-refractivity contribution < 1.29 is 24.2 Å². The number of ether oxygens (including phenoxy) is 1. The number of carboxylic acids is 1. The Kier molecular flexibility index (Phi) is 7.43. The fraction of sp³-hybridized carbons (Fsp3) is 0.370. The summed E-state index contributed by atoms with van der Waals surface area (Å²) < 4.78 is 5.83. The first-order valence-electron chi connectivity index (χ1n) is 11.8. The lowest BCUT2D eigenvalue weighted by atomic mass is 9.86. The molecule has 0 aliphatic carbocycles. The number of nitrogens with zero attached hydrogens (tertiary/aromatic N) is 1. The lowest BCUT2D eigenvalue weighted by Crippen LogP contribution is -2.43. The molecule has 0 spiro atoms. The van der Waals surface area contributed by atoms with E-state index in [9.17, 15) is 19.5 Å². The van der Waals surface area contributed by atoms with Crippen molar-refractivity contribution in [3.8, 4) is 11.5 Å². The number of aliphatic carboxylic acids is 1. The Morgan fingerprint density at radius 1 is 0.971 bits per heavy atom. The topological polar surface area (TPSA) is 95.9 Å². The number of imide groups is 1. The fourth-order valence-electron chi connectivity index (χ4n) is 4.75. The number of allylic oxidation sites excluding steroid dienone is 1. The summed E-state index contributed by atoms with van der Waals surface area (Å²) in [6.07, 6.45) is 7.81. The molecule has 7 heteroatoms. The Balaban J connectivity index is 1.49. The second-order valence-corrected chi connectivity index (χ2v) is 8.73. The SMILES string of the molecule is CCCC/C=C/CCN1C(=O)C2C(C(=O)O)NC(c3ccc(Oc4ccccc4)cc3)C2C1=O. The summed E-state index contributed by atoms with van der Waals surface area (Å²) in [4.78, 5) is 39.5. The summed E-state index contributed by atoms with van der Waals surface area (Å²) in [7, 11) is 0. The van der Waals surface area contributed by atoms with Gasteiger partial charge in [0.05, 0.1) is 11.8 Å². The molecule has 0 bridgehead atoms. The molecule has 34 heavy (non-hydrogen) atoms. The van der Waals surface area contributed by atoms with E-state index in [-0.39, 0.29) is 12.5 Å². The monoisotopic (exact) mass is 462 g/mol. The van der Waals surface area contributed by atoms with Crippen LogP contribution in [0.4, 0.5) is 0 Å². The Morgan fingerprint density at radius 3 is 2.29 bits per heavy atom. The van der Waals surface area contributed by atoms with Crippen molar-refractivity contribution >= 4 is 17.8 Å². The Bertz CT molecular complexity index is 1050. The molecule has 2 heterocycles. The number of para-hydroxylation sites is 1. The van der Waals surface area contributed by atoms with Gasteiger partial charge in [-0.05, 0) is 42.7 Å². The maximum Gasteiger partial charge on any atom is 0.321 e. The number of nitrogens with one attached hydrogen (secondary N) is 1. The first-order valence-corrected chi connectivity index (χ1v) is 11.8. The van der Waals surface area contributed by atoms with Gasteiger partial charge in [0.2, 0.25) is 11.8 Å². The lowest BCUT2D eigenvalue weighted by Gasteiger charge is -2.21. The highest BCUT2D eigenvalue weighted by Crippen LogP contribution is 2.44. The molecule has 2 amide bonds. The van der Waals surface area contributed by atoms with Gasteiger partial charge in [-0.25, -0.2) is 0 Å². The van der Waals surface area contributed by atoms with E-state index in [1.165, 1.54) is 4.90 Å². The molecule has 4 atom stereocenters. The number of fused-ring (bicyclic) bond motifs is 1. The van der Waals surface area contributed by atoms with E-state index in [0.717, 1.165) is 24.8 Å². The van der Waals surface area contributed by atoms with Crippen molar-refractivity contribution in [3.63, 3.8) is 0 Å². The highest BCUT2D eigenvalue weighted by atomic mass is 16.5. The number of carbonyl (C=O) groups excluding carboxylic acids is 2. The first kappa shape index (κ1) is 23.7. The predicted octanol–water partition coefficient (Wildman–Crippen LogP) is 4.31. The molecule has 2 fully saturated rings. The predicted molar refractivity (Wildman–Crippen MR) is 127 cm³/mol. The molecular formula is C27H30N2O5. The molecule has 2 aromatic rings. The molecule has 0 radical (unpaired) electrons. The number of amides is 2. The molecule has 2 N–H and O–H groups in total. The number of rotatable bonds is 10. The maximum absolute atomic E-state index is 13.2. The molecule has 178 valence electrons. The third kappa shape index (κ3) is 4.89. The number of unbranched alkanes of at least 4 members (excludes halogenated alkanes) is 2. The molecular weight excluding hydrogens is 432 g/mol. The summed E-state index contributed by atoms with van der Waals surface area (Å²) in [6, 6.07) is 14.9. The second kappa shape index (κ2) is 10.7. The highest BCUT2D eigenvalue weighted by molar-refractivity contribution is 6.08. The number of carboxylic acid groups (broad SMARTS) is 1. The average Bonchev–Trinajstić information content (AvgIpc) is 3.35. The number of likely N-dealkylation sites (tertiary alicyclic amines) is 1. The van der Waals surface area contributed by atoms with Gasteiger partial charge in [0, 0.05) is 12.6 Å². The van der Waals surface area contributed by atoms with E-state index < -0.39 is 35.8 Å². The van der Waals surface area contributed by atoms with Crippen LogP contribution in [0, 0.1) is 11.8 Å². The smallest absolute Gasteiger partial charge is 0.321 e. The summed E-state index contributed by atoms with van der Waals surface area (Å²) in [5.74, 6) is -2.13. The van der Waals surface area contributed by atoms with Crippen molar-refractivity contribution in [2.75, 3.05) is 6.54 Å². The highest BCUT2D eigenvalue weighted by Gasteiger charge is 2.60. The molecule has 2 aliphatic heterocycles. The Morgan fingerprint density at radius 2 is 1.62 bits per heavy atom. The minimum atomic E-state index is -1.12. The van der Waals surface area contributed by atoms with Crippen LogP contribution in [0.3, 0.4) is 0 Å². The van der Waals surface area contributed by atoms with E-state index in [1.807, 2.05) is 48.5 Å².